The van der Waals surface area contributed by atoms with Gasteiger partial charge in [0.2, 0.25) is 0 Å². The highest BCUT2D eigenvalue weighted by Gasteiger charge is 2.17. The molecule has 0 amide bonds. The molecule has 21 heavy (non-hydrogen) atoms. The molecule has 5 heteroatoms. The topological polar surface area (TPSA) is 70.3 Å². The van der Waals surface area contributed by atoms with Gasteiger partial charge in [0.05, 0.1) is 11.0 Å². The van der Waals surface area contributed by atoms with Gasteiger partial charge in [-0.05, 0) is 43.4 Å². The number of hydrogen-bond acceptors (Lipinski definition) is 2. The Morgan fingerprint density at radius 3 is 3.19 bits per heavy atom. The van der Waals surface area contributed by atoms with Crippen molar-refractivity contribution in [2.75, 3.05) is 13.1 Å². The van der Waals surface area contributed by atoms with Crippen molar-refractivity contribution in [2.45, 2.75) is 33.2 Å². The van der Waals surface area contributed by atoms with Gasteiger partial charge in [-0.25, -0.2) is 9.98 Å². The molecule has 0 radical (unpaired) electrons. The maximum atomic E-state index is 6.11. The fourth-order valence-electron chi connectivity index (χ4n) is 2.90. The van der Waals surface area contributed by atoms with Crippen LogP contribution < -0.4 is 5.73 Å². The molecule has 1 fully saturated rings. The molecule has 3 rings (SSSR count). The second kappa shape index (κ2) is 5.76. The molecule has 0 aliphatic carbocycles. The summed E-state index contributed by atoms with van der Waals surface area (Å²) in [5.41, 5.74) is 9.38. The Morgan fingerprint density at radius 2 is 2.38 bits per heavy atom. The van der Waals surface area contributed by atoms with E-state index in [9.17, 15) is 0 Å². The number of H-pyrrole nitrogens is 1. The molecule has 112 valence electrons. The molecule has 0 spiro atoms. The van der Waals surface area contributed by atoms with Gasteiger partial charge in [0.15, 0.2) is 5.96 Å². The highest BCUT2D eigenvalue weighted by Crippen LogP contribution is 2.16. The summed E-state index contributed by atoms with van der Waals surface area (Å²) in [6, 6.07) is 6.20. The zero-order valence-corrected chi connectivity index (χ0v) is 12.8. The van der Waals surface area contributed by atoms with E-state index in [0.29, 0.717) is 18.4 Å². The number of likely N-dealkylation sites (tertiary alicyclic amines) is 1. The second-order valence-corrected chi connectivity index (χ2v) is 6.07. The molecule has 1 aliphatic heterocycles. The molecule has 0 saturated carbocycles. The lowest BCUT2D eigenvalue weighted by Gasteiger charge is -2.31. The lowest BCUT2D eigenvalue weighted by atomic mass is 10.0. The molecule has 1 unspecified atom stereocenters. The number of rotatable bonds is 2. The first kappa shape index (κ1) is 13.9. The van der Waals surface area contributed by atoms with E-state index in [-0.39, 0.29) is 0 Å². The van der Waals surface area contributed by atoms with Crippen LogP contribution in [0.5, 0.6) is 0 Å². The molecule has 1 aromatic carbocycles. The van der Waals surface area contributed by atoms with Gasteiger partial charge >= 0.3 is 0 Å². The normalized spacial score (nSPS) is 20.2. The summed E-state index contributed by atoms with van der Waals surface area (Å²) in [7, 11) is 0. The largest absolute Gasteiger partial charge is 0.370 e. The van der Waals surface area contributed by atoms with Crippen LogP contribution in [0.25, 0.3) is 11.0 Å². The zero-order valence-electron chi connectivity index (χ0n) is 12.8. The van der Waals surface area contributed by atoms with Crippen LogP contribution in [0.15, 0.2) is 23.2 Å². The Kier molecular flexibility index (Phi) is 3.82. The third-order valence-corrected chi connectivity index (χ3v) is 4.06. The average Bonchev–Trinajstić information content (AvgIpc) is 2.86. The summed E-state index contributed by atoms with van der Waals surface area (Å²) in [4.78, 5) is 14.5. The molecule has 1 saturated heterocycles. The fraction of sp³-hybridized carbons (Fsp3) is 0.500. The summed E-state index contributed by atoms with van der Waals surface area (Å²) in [5, 5.41) is 0. The second-order valence-electron chi connectivity index (χ2n) is 6.07. The minimum atomic E-state index is 0.504. The summed E-state index contributed by atoms with van der Waals surface area (Å²) in [6.45, 7) is 6.87. The minimum Gasteiger partial charge on any atom is -0.370 e. The molecule has 1 atom stereocenters. The number of nitrogens with two attached hydrogens (primary N) is 1. The third kappa shape index (κ3) is 3.17. The van der Waals surface area contributed by atoms with E-state index in [1.54, 1.807) is 0 Å². The molecule has 5 nitrogen and oxygen atoms in total. The molecular formula is C16H23N5. The molecule has 0 bridgehead atoms. The van der Waals surface area contributed by atoms with E-state index in [1.165, 1.54) is 18.4 Å². The minimum absolute atomic E-state index is 0.504. The summed E-state index contributed by atoms with van der Waals surface area (Å²) in [5.74, 6) is 2.20. The number of piperidine rings is 1. The highest BCUT2D eigenvalue weighted by atomic mass is 15.3. The van der Waals surface area contributed by atoms with Crippen molar-refractivity contribution in [2.24, 2.45) is 16.6 Å². The van der Waals surface area contributed by atoms with Crippen molar-refractivity contribution in [3.8, 4) is 0 Å². The predicted octanol–water partition coefficient (Wildman–Crippen LogP) is 2.42. The highest BCUT2D eigenvalue weighted by molar-refractivity contribution is 5.78. The summed E-state index contributed by atoms with van der Waals surface area (Å²) in [6.07, 6.45) is 2.48. The van der Waals surface area contributed by atoms with Crippen molar-refractivity contribution in [3.05, 3.63) is 29.6 Å². The molecule has 2 heterocycles. The van der Waals surface area contributed by atoms with E-state index < -0.39 is 0 Å². The average molecular weight is 285 g/mol. The monoisotopic (exact) mass is 285 g/mol. The number of aromatic amines is 1. The van der Waals surface area contributed by atoms with Crippen molar-refractivity contribution in [1.29, 1.82) is 0 Å². The first-order chi connectivity index (χ1) is 10.1. The quantitative estimate of drug-likeness (QED) is 0.657. The summed E-state index contributed by atoms with van der Waals surface area (Å²) < 4.78 is 0. The SMILES string of the molecule is Cc1ccc2nc(CN=C(N)N3CCCC(C)C3)[nH]c2c1. The fourth-order valence-corrected chi connectivity index (χ4v) is 2.90. The van der Waals surface area contributed by atoms with E-state index >= 15 is 0 Å². The van der Waals surface area contributed by atoms with Gasteiger partial charge in [-0.15, -0.1) is 0 Å². The first-order valence-corrected chi connectivity index (χ1v) is 7.62. The number of fused-ring (bicyclic) bond motifs is 1. The number of aromatic nitrogens is 2. The number of aliphatic imine (C=N–C) groups is 1. The molecule has 2 aromatic rings. The number of hydrogen-bond donors (Lipinski definition) is 2. The Balaban J connectivity index is 1.71. The molecule has 1 aliphatic rings. The van der Waals surface area contributed by atoms with Crippen LogP contribution in [0.2, 0.25) is 0 Å². The van der Waals surface area contributed by atoms with Crippen LogP contribution in [0.4, 0.5) is 0 Å². The number of imidazole rings is 1. The lowest BCUT2D eigenvalue weighted by molar-refractivity contribution is 0.270. The van der Waals surface area contributed by atoms with Gasteiger partial charge in [-0.1, -0.05) is 13.0 Å². The van der Waals surface area contributed by atoms with E-state index in [2.05, 4.69) is 45.8 Å². The van der Waals surface area contributed by atoms with Crippen LogP contribution in [0, 0.1) is 12.8 Å². The third-order valence-electron chi connectivity index (χ3n) is 4.06. The van der Waals surface area contributed by atoms with Gasteiger partial charge in [0.25, 0.3) is 0 Å². The van der Waals surface area contributed by atoms with Crippen LogP contribution in [0.3, 0.4) is 0 Å². The zero-order chi connectivity index (χ0) is 14.8. The first-order valence-electron chi connectivity index (χ1n) is 7.62. The van der Waals surface area contributed by atoms with Crippen molar-refractivity contribution >= 4 is 17.0 Å². The van der Waals surface area contributed by atoms with Crippen molar-refractivity contribution < 1.29 is 0 Å². The van der Waals surface area contributed by atoms with E-state index in [0.717, 1.165) is 29.9 Å². The van der Waals surface area contributed by atoms with Crippen LogP contribution >= 0.6 is 0 Å². The Morgan fingerprint density at radius 1 is 1.52 bits per heavy atom. The van der Waals surface area contributed by atoms with Crippen molar-refractivity contribution in [3.63, 3.8) is 0 Å². The number of aryl methyl sites for hydroxylation is 1. The summed E-state index contributed by atoms with van der Waals surface area (Å²) >= 11 is 0. The maximum absolute atomic E-state index is 6.11. The van der Waals surface area contributed by atoms with Crippen LogP contribution in [0.1, 0.15) is 31.2 Å². The predicted molar refractivity (Wildman–Crippen MR) is 86.1 cm³/mol. The van der Waals surface area contributed by atoms with Gasteiger partial charge in [-0.2, -0.15) is 0 Å². The molecule has 3 N–H and O–H groups in total. The Hall–Kier alpha value is -2.04. The number of nitrogens with zero attached hydrogens (tertiary/aromatic N) is 3. The Labute approximate surface area is 125 Å². The molecule has 1 aromatic heterocycles. The van der Waals surface area contributed by atoms with E-state index in [1.807, 2.05) is 6.07 Å². The molecular weight excluding hydrogens is 262 g/mol. The Bertz CT molecular complexity index is 658. The van der Waals surface area contributed by atoms with E-state index in [4.69, 9.17) is 5.73 Å². The maximum Gasteiger partial charge on any atom is 0.191 e. The van der Waals surface area contributed by atoms with Gasteiger partial charge in [0.1, 0.15) is 12.4 Å². The number of nitrogens with one attached hydrogen (secondary N) is 1. The lowest BCUT2D eigenvalue weighted by Crippen LogP contribution is -2.43. The van der Waals surface area contributed by atoms with Crippen LogP contribution in [-0.2, 0) is 6.54 Å². The number of guanidine groups is 1. The van der Waals surface area contributed by atoms with Gasteiger partial charge in [0, 0.05) is 13.1 Å². The van der Waals surface area contributed by atoms with Crippen LogP contribution in [-0.4, -0.2) is 33.9 Å². The smallest absolute Gasteiger partial charge is 0.191 e. The van der Waals surface area contributed by atoms with Gasteiger partial charge < -0.3 is 15.6 Å². The van der Waals surface area contributed by atoms with Crippen molar-refractivity contribution in [1.82, 2.24) is 14.9 Å². The standard InChI is InChI=1S/C16H23N5/c1-11-5-6-13-14(8-11)20-15(19-13)9-18-16(17)21-7-3-4-12(2)10-21/h5-6,8,12H,3-4,7,9-10H2,1-2H3,(H2,17,18)(H,19,20). The van der Waals surface area contributed by atoms with Gasteiger partial charge in [-0.3, -0.25) is 0 Å². The number of benzene rings is 1.